The van der Waals surface area contributed by atoms with Crippen molar-refractivity contribution in [3.05, 3.63) is 66.1 Å². The number of anilines is 1. The Morgan fingerprint density at radius 2 is 1.71 bits per heavy atom. The monoisotopic (exact) mass is 282 g/mol. The lowest BCUT2D eigenvalue weighted by Crippen LogP contribution is -2.23. The number of ketones is 1. The number of H-pyrrole nitrogens is 1. The van der Waals surface area contributed by atoms with Crippen molar-refractivity contribution in [3.63, 3.8) is 0 Å². The summed E-state index contributed by atoms with van der Waals surface area (Å²) in [6.07, 6.45) is 1.48. The van der Waals surface area contributed by atoms with E-state index in [1.807, 2.05) is 6.07 Å². The van der Waals surface area contributed by atoms with Crippen molar-refractivity contribution < 1.29 is 14.0 Å². The van der Waals surface area contributed by atoms with Crippen molar-refractivity contribution in [2.24, 2.45) is 0 Å². The van der Waals surface area contributed by atoms with Crippen LogP contribution in [0.1, 0.15) is 10.4 Å². The maximum Gasteiger partial charge on any atom is 0.296 e. The average Bonchev–Trinajstić information content (AvgIpc) is 2.92. The molecule has 104 valence electrons. The van der Waals surface area contributed by atoms with Gasteiger partial charge in [-0.1, -0.05) is 30.3 Å². The van der Waals surface area contributed by atoms with Crippen LogP contribution < -0.4 is 5.32 Å². The van der Waals surface area contributed by atoms with E-state index in [2.05, 4.69) is 10.3 Å². The smallest absolute Gasteiger partial charge is 0.296 e. The molecule has 2 aromatic carbocycles. The quantitative estimate of drug-likeness (QED) is 0.572. The lowest BCUT2D eigenvalue weighted by Gasteiger charge is -2.04. The van der Waals surface area contributed by atoms with Gasteiger partial charge in [-0.3, -0.25) is 9.59 Å². The first-order valence-corrected chi connectivity index (χ1v) is 6.33. The molecule has 1 amide bonds. The van der Waals surface area contributed by atoms with Gasteiger partial charge in [-0.05, 0) is 18.2 Å². The highest BCUT2D eigenvalue weighted by molar-refractivity contribution is 6.48. The lowest BCUT2D eigenvalue weighted by atomic mass is 10.1. The number of nitrogens with one attached hydrogen (secondary N) is 2. The average molecular weight is 282 g/mol. The topological polar surface area (TPSA) is 62.0 Å². The molecular weight excluding hydrogens is 271 g/mol. The molecule has 3 rings (SSSR count). The van der Waals surface area contributed by atoms with E-state index in [1.165, 1.54) is 24.4 Å². The largest absolute Gasteiger partial charge is 0.360 e. The zero-order chi connectivity index (χ0) is 14.8. The number of aromatic nitrogens is 1. The van der Waals surface area contributed by atoms with Crippen LogP contribution in [0.25, 0.3) is 10.9 Å². The first-order chi connectivity index (χ1) is 10.2. The molecule has 0 saturated carbocycles. The van der Waals surface area contributed by atoms with Gasteiger partial charge in [0.15, 0.2) is 0 Å². The van der Waals surface area contributed by atoms with Crippen LogP contribution in [0.4, 0.5) is 10.1 Å². The van der Waals surface area contributed by atoms with Crippen molar-refractivity contribution >= 4 is 28.3 Å². The molecule has 0 fully saturated rings. The predicted octanol–water partition coefficient (Wildman–Crippen LogP) is 3.13. The molecule has 1 heterocycles. The Bertz CT molecular complexity index is 839. The Hall–Kier alpha value is -2.95. The van der Waals surface area contributed by atoms with E-state index in [-0.39, 0.29) is 11.3 Å². The number of amides is 1. The Morgan fingerprint density at radius 3 is 2.52 bits per heavy atom. The summed E-state index contributed by atoms with van der Waals surface area (Å²) in [5.41, 5.74) is 1.01. The molecule has 21 heavy (non-hydrogen) atoms. The SMILES string of the molecule is O=C(Nc1ccccc1F)C(=O)c1c[nH]c2ccccc12. The zero-order valence-electron chi connectivity index (χ0n) is 10.9. The summed E-state index contributed by atoms with van der Waals surface area (Å²) in [5.74, 6) is -2.17. The molecule has 2 N–H and O–H groups in total. The third-order valence-electron chi connectivity index (χ3n) is 3.16. The van der Waals surface area contributed by atoms with Crippen LogP contribution in [0.3, 0.4) is 0 Å². The summed E-state index contributed by atoms with van der Waals surface area (Å²) in [7, 11) is 0. The molecule has 1 aromatic heterocycles. The number of halogens is 1. The van der Waals surface area contributed by atoms with Gasteiger partial charge in [0.25, 0.3) is 11.7 Å². The van der Waals surface area contributed by atoms with E-state index in [9.17, 15) is 14.0 Å². The Labute approximate surface area is 119 Å². The zero-order valence-corrected chi connectivity index (χ0v) is 10.9. The number of benzene rings is 2. The minimum absolute atomic E-state index is 0.0179. The highest BCUT2D eigenvalue weighted by atomic mass is 19.1. The van der Waals surface area contributed by atoms with Gasteiger partial charge in [0.1, 0.15) is 5.82 Å². The second kappa shape index (κ2) is 5.20. The van der Waals surface area contributed by atoms with Crippen LogP contribution >= 0.6 is 0 Å². The highest BCUT2D eigenvalue weighted by Crippen LogP contribution is 2.19. The molecule has 0 spiro atoms. The maximum atomic E-state index is 13.5. The number of hydrogen-bond donors (Lipinski definition) is 2. The second-order valence-corrected chi connectivity index (χ2v) is 4.51. The fraction of sp³-hybridized carbons (Fsp3) is 0. The van der Waals surface area contributed by atoms with Gasteiger partial charge in [0, 0.05) is 17.1 Å². The number of para-hydroxylation sites is 2. The molecule has 0 atom stereocenters. The summed E-state index contributed by atoms with van der Waals surface area (Å²) in [4.78, 5) is 27.1. The van der Waals surface area contributed by atoms with Gasteiger partial charge in [0.05, 0.1) is 11.3 Å². The number of fused-ring (bicyclic) bond motifs is 1. The van der Waals surface area contributed by atoms with E-state index in [4.69, 9.17) is 0 Å². The van der Waals surface area contributed by atoms with Gasteiger partial charge in [0.2, 0.25) is 0 Å². The maximum absolute atomic E-state index is 13.5. The number of Topliss-reactive ketones (excluding diaryl/α,β-unsaturated/α-hetero) is 1. The molecule has 0 aliphatic rings. The van der Waals surface area contributed by atoms with Crippen molar-refractivity contribution in [1.29, 1.82) is 0 Å². The van der Waals surface area contributed by atoms with Crippen molar-refractivity contribution in [1.82, 2.24) is 4.98 Å². The van der Waals surface area contributed by atoms with E-state index >= 15 is 0 Å². The number of aromatic amines is 1. The molecule has 0 bridgehead atoms. The number of rotatable bonds is 3. The van der Waals surface area contributed by atoms with E-state index in [0.717, 1.165) is 5.52 Å². The highest BCUT2D eigenvalue weighted by Gasteiger charge is 2.20. The normalized spacial score (nSPS) is 10.5. The number of carbonyl (C=O) groups is 2. The van der Waals surface area contributed by atoms with E-state index in [0.29, 0.717) is 5.39 Å². The van der Waals surface area contributed by atoms with Crippen LogP contribution in [-0.2, 0) is 4.79 Å². The molecule has 0 radical (unpaired) electrons. The van der Waals surface area contributed by atoms with E-state index < -0.39 is 17.5 Å². The molecule has 0 unspecified atom stereocenters. The second-order valence-electron chi connectivity index (χ2n) is 4.51. The van der Waals surface area contributed by atoms with Crippen molar-refractivity contribution in [2.75, 3.05) is 5.32 Å². The fourth-order valence-corrected chi connectivity index (χ4v) is 2.12. The minimum Gasteiger partial charge on any atom is -0.360 e. The third-order valence-corrected chi connectivity index (χ3v) is 3.16. The van der Waals surface area contributed by atoms with Gasteiger partial charge in [-0.2, -0.15) is 0 Å². The standard InChI is InChI=1S/C16H11FN2O2/c17-12-6-2-4-8-14(12)19-16(21)15(20)11-9-18-13-7-3-1-5-10(11)13/h1-9,18H,(H,19,21). The van der Waals surface area contributed by atoms with Crippen molar-refractivity contribution in [2.45, 2.75) is 0 Å². The predicted molar refractivity (Wildman–Crippen MR) is 77.7 cm³/mol. The summed E-state index contributed by atoms with van der Waals surface area (Å²) in [6, 6.07) is 12.9. The van der Waals surface area contributed by atoms with Crippen LogP contribution in [0, 0.1) is 5.82 Å². The molecule has 0 saturated heterocycles. The minimum atomic E-state index is -0.871. The van der Waals surface area contributed by atoms with Gasteiger partial charge < -0.3 is 10.3 Å². The summed E-state index contributed by atoms with van der Waals surface area (Å²) >= 11 is 0. The molecule has 0 aliphatic heterocycles. The summed E-state index contributed by atoms with van der Waals surface area (Å²) in [5, 5.41) is 2.94. The van der Waals surface area contributed by atoms with Crippen LogP contribution in [0.2, 0.25) is 0 Å². The third kappa shape index (κ3) is 2.41. The molecular formula is C16H11FN2O2. The van der Waals surface area contributed by atoms with E-state index in [1.54, 1.807) is 24.3 Å². The number of carbonyl (C=O) groups excluding carboxylic acids is 2. The Balaban J connectivity index is 1.88. The van der Waals surface area contributed by atoms with Gasteiger partial charge >= 0.3 is 0 Å². The molecule has 5 heteroatoms. The summed E-state index contributed by atoms with van der Waals surface area (Å²) < 4.78 is 13.5. The van der Waals surface area contributed by atoms with Crippen LogP contribution in [0.5, 0.6) is 0 Å². The fourth-order valence-electron chi connectivity index (χ4n) is 2.12. The summed E-state index contributed by atoms with van der Waals surface area (Å²) in [6.45, 7) is 0. The Morgan fingerprint density at radius 1 is 1.00 bits per heavy atom. The first kappa shape index (κ1) is 13.1. The lowest BCUT2D eigenvalue weighted by molar-refractivity contribution is -0.112. The van der Waals surface area contributed by atoms with Crippen LogP contribution in [0.15, 0.2) is 54.7 Å². The number of hydrogen-bond acceptors (Lipinski definition) is 2. The molecule has 0 aliphatic carbocycles. The Kier molecular flexibility index (Phi) is 3.23. The molecule has 4 nitrogen and oxygen atoms in total. The van der Waals surface area contributed by atoms with Crippen LogP contribution in [-0.4, -0.2) is 16.7 Å². The van der Waals surface area contributed by atoms with Gasteiger partial charge in [-0.15, -0.1) is 0 Å². The van der Waals surface area contributed by atoms with Crippen molar-refractivity contribution in [3.8, 4) is 0 Å². The van der Waals surface area contributed by atoms with Gasteiger partial charge in [-0.25, -0.2) is 4.39 Å². The first-order valence-electron chi connectivity index (χ1n) is 6.33. The molecule has 3 aromatic rings.